The van der Waals surface area contributed by atoms with Crippen LogP contribution in [-0.4, -0.2) is 23.9 Å². The van der Waals surface area contributed by atoms with Crippen LogP contribution in [0.25, 0.3) is 11.1 Å². The minimum absolute atomic E-state index is 0.129. The topological polar surface area (TPSA) is 20.3 Å². The Morgan fingerprint density at radius 1 is 1.13 bits per heavy atom. The first-order chi connectivity index (χ1) is 11.0. The van der Waals surface area contributed by atoms with Crippen molar-refractivity contribution in [2.75, 3.05) is 13.1 Å². The van der Waals surface area contributed by atoms with Crippen LogP contribution in [0.5, 0.6) is 0 Å². The molecule has 1 saturated heterocycles. The van der Waals surface area contributed by atoms with Crippen LogP contribution in [0.3, 0.4) is 0 Å². The smallest absolute Gasteiger partial charge is 0.253 e. The van der Waals surface area contributed by atoms with Gasteiger partial charge in [0.15, 0.2) is 0 Å². The third-order valence-corrected chi connectivity index (χ3v) is 4.41. The standard InChI is InChI=1S/C19H19F2NO/c1-12-7-8-22(11-12)19(23)14-3-5-17(18(21)10-14)16-6-4-15(20)9-13(16)2/h3-6,9-10,12H,7-8,11H2,1-2H3. The number of carbonyl (C=O) groups excluding carboxylic acids is 1. The van der Waals surface area contributed by atoms with Gasteiger partial charge in [0.05, 0.1) is 0 Å². The van der Waals surface area contributed by atoms with Gasteiger partial charge < -0.3 is 4.90 Å². The summed E-state index contributed by atoms with van der Waals surface area (Å²) in [4.78, 5) is 14.2. The van der Waals surface area contributed by atoms with E-state index in [1.165, 1.54) is 18.2 Å². The molecule has 0 bridgehead atoms. The van der Waals surface area contributed by atoms with Crippen LogP contribution in [0.15, 0.2) is 36.4 Å². The first-order valence-corrected chi connectivity index (χ1v) is 7.81. The second-order valence-electron chi connectivity index (χ2n) is 6.30. The maximum absolute atomic E-state index is 14.5. The molecule has 4 heteroatoms. The summed E-state index contributed by atoms with van der Waals surface area (Å²) in [6, 6.07) is 8.77. The molecule has 1 aliphatic rings. The molecule has 3 rings (SSSR count). The van der Waals surface area contributed by atoms with E-state index in [0.717, 1.165) is 19.5 Å². The van der Waals surface area contributed by atoms with Gasteiger partial charge in [0, 0.05) is 24.2 Å². The van der Waals surface area contributed by atoms with E-state index in [0.29, 0.717) is 28.2 Å². The maximum atomic E-state index is 14.5. The van der Waals surface area contributed by atoms with Crippen molar-refractivity contribution in [3.8, 4) is 11.1 Å². The van der Waals surface area contributed by atoms with Gasteiger partial charge in [0.25, 0.3) is 5.91 Å². The molecule has 0 aliphatic carbocycles. The molecule has 1 unspecified atom stereocenters. The average molecular weight is 315 g/mol. The zero-order chi connectivity index (χ0) is 16.6. The van der Waals surface area contributed by atoms with Crippen molar-refractivity contribution in [3.05, 3.63) is 59.2 Å². The fraction of sp³-hybridized carbons (Fsp3) is 0.316. The number of nitrogens with zero attached hydrogens (tertiary/aromatic N) is 1. The number of likely N-dealkylation sites (tertiary alicyclic amines) is 1. The number of amides is 1. The van der Waals surface area contributed by atoms with Crippen LogP contribution >= 0.6 is 0 Å². The van der Waals surface area contributed by atoms with Crippen LogP contribution in [0.1, 0.15) is 29.3 Å². The second-order valence-corrected chi connectivity index (χ2v) is 6.30. The van der Waals surface area contributed by atoms with E-state index in [9.17, 15) is 13.6 Å². The van der Waals surface area contributed by atoms with Crippen molar-refractivity contribution in [3.63, 3.8) is 0 Å². The fourth-order valence-electron chi connectivity index (χ4n) is 3.10. The van der Waals surface area contributed by atoms with Gasteiger partial charge in [-0.15, -0.1) is 0 Å². The molecule has 1 aliphatic heterocycles. The molecular formula is C19H19F2NO. The SMILES string of the molecule is Cc1cc(F)ccc1-c1ccc(C(=O)N2CCC(C)C2)cc1F. The second kappa shape index (κ2) is 6.11. The summed E-state index contributed by atoms with van der Waals surface area (Å²) in [5.41, 5.74) is 2.04. The molecule has 1 atom stereocenters. The molecule has 2 aromatic carbocycles. The molecule has 0 N–H and O–H groups in total. The molecule has 2 nitrogen and oxygen atoms in total. The zero-order valence-corrected chi connectivity index (χ0v) is 13.3. The monoisotopic (exact) mass is 315 g/mol. The highest BCUT2D eigenvalue weighted by molar-refractivity contribution is 5.95. The Labute approximate surface area is 134 Å². The van der Waals surface area contributed by atoms with Gasteiger partial charge in [-0.1, -0.05) is 19.1 Å². The summed E-state index contributed by atoms with van der Waals surface area (Å²) in [6.07, 6.45) is 0.987. The van der Waals surface area contributed by atoms with Gasteiger partial charge in [-0.25, -0.2) is 8.78 Å². The molecule has 1 amide bonds. The number of halogens is 2. The molecule has 0 saturated carbocycles. The highest BCUT2D eigenvalue weighted by Gasteiger charge is 2.24. The molecule has 1 heterocycles. The van der Waals surface area contributed by atoms with E-state index in [-0.39, 0.29) is 11.7 Å². The quantitative estimate of drug-likeness (QED) is 0.803. The number of rotatable bonds is 2. The average Bonchev–Trinajstić information content (AvgIpc) is 2.94. The number of benzene rings is 2. The van der Waals surface area contributed by atoms with Crippen molar-refractivity contribution in [1.29, 1.82) is 0 Å². The Hall–Kier alpha value is -2.23. The van der Waals surface area contributed by atoms with Crippen LogP contribution < -0.4 is 0 Å². The van der Waals surface area contributed by atoms with Crippen molar-refractivity contribution in [2.45, 2.75) is 20.3 Å². The molecule has 23 heavy (non-hydrogen) atoms. The van der Waals surface area contributed by atoms with E-state index >= 15 is 0 Å². The third-order valence-electron chi connectivity index (χ3n) is 4.41. The van der Waals surface area contributed by atoms with Gasteiger partial charge in [-0.3, -0.25) is 4.79 Å². The van der Waals surface area contributed by atoms with Gasteiger partial charge in [0.2, 0.25) is 0 Å². The molecule has 120 valence electrons. The van der Waals surface area contributed by atoms with Crippen molar-refractivity contribution >= 4 is 5.91 Å². The van der Waals surface area contributed by atoms with Crippen molar-refractivity contribution in [1.82, 2.24) is 4.90 Å². The van der Waals surface area contributed by atoms with E-state index in [1.54, 1.807) is 30.0 Å². The lowest BCUT2D eigenvalue weighted by Gasteiger charge is -2.16. The lowest BCUT2D eigenvalue weighted by molar-refractivity contribution is 0.0787. The molecular weight excluding hydrogens is 296 g/mol. The summed E-state index contributed by atoms with van der Waals surface area (Å²) >= 11 is 0. The lowest BCUT2D eigenvalue weighted by atomic mass is 9.98. The Kier molecular flexibility index (Phi) is 4.16. The Morgan fingerprint density at radius 2 is 1.87 bits per heavy atom. The van der Waals surface area contributed by atoms with Gasteiger partial charge >= 0.3 is 0 Å². The maximum Gasteiger partial charge on any atom is 0.253 e. The first-order valence-electron chi connectivity index (χ1n) is 7.81. The highest BCUT2D eigenvalue weighted by Crippen LogP contribution is 2.28. The molecule has 0 radical (unpaired) electrons. The molecule has 0 aromatic heterocycles. The van der Waals surface area contributed by atoms with E-state index in [2.05, 4.69) is 6.92 Å². The number of hydrogen-bond donors (Lipinski definition) is 0. The Morgan fingerprint density at radius 3 is 2.48 bits per heavy atom. The van der Waals surface area contributed by atoms with Crippen LogP contribution in [-0.2, 0) is 0 Å². The van der Waals surface area contributed by atoms with Gasteiger partial charge in [0.1, 0.15) is 11.6 Å². The van der Waals surface area contributed by atoms with E-state index < -0.39 is 5.82 Å². The lowest BCUT2D eigenvalue weighted by Crippen LogP contribution is -2.28. The fourth-order valence-corrected chi connectivity index (χ4v) is 3.10. The van der Waals surface area contributed by atoms with Crippen molar-refractivity contribution in [2.24, 2.45) is 5.92 Å². The Balaban J connectivity index is 1.90. The number of hydrogen-bond acceptors (Lipinski definition) is 1. The normalized spacial score (nSPS) is 17.6. The predicted octanol–water partition coefficient (Wildman–Crippen LogP) is 4.42. The summed E-state index contributed by atoms with van der Waals surface area (Å²) in [5.74, 6) is -0.444. The number of carbonyl (C=O) groups is 1. The number of aryl methyl sites for hydroxylation is 1. The Bertz CT molecular complexity index is 757. The largest absolute Gasteiger partial charge is 0.338 e. The third kappa shape index (κ3) is 3.11. The predicted molar refractivity (Wildman–Crippen MR) is 86.2 cm³/mol. The summed E-state index contributed by atoms with van der Waals surface area (Å²) < 4.78 is 27.7. The minimum Gasteiger partial charge on any atom is -0.338 e. The van der Waals surface area contributed by atoms with Crippen LogP contribution in [0.2, 0.25) is 0 Å². The van der Waals surface area contributed by atoms with E-state index in [1.807, 2.05) is 0 Å². The molecule has 2 aromatic rings. The summed E-state index contributed by atoms with van der Waals surface area (Å²) in [6.45, 7) is 5.29. The zero-order valence-electron chi connectivity index (χ0n) is 13.3. The van der Waals surface area contributed by atoms with E-state index in [4.69, 9.17) is 0 Å². The van der Waals surface area contributed by atoms with Crippen LogP contribution in [0, 0.1) is 24.5 Å². The summed E-state index contributed by atoms with van der Waals surface area (Å²) in [5, 5.41) is 0. The van der Waals surface area contributed by atoms with Gasteiger partial charge in [-0.2, -0.15) is 0 Å². The van der Waals surface area contributed by atoms with Gasteiger partial charge in [-0.05, 0) is 54.7 Å². The molecule has 0 spiro atoms. The minimum atomic E-state index is -0.460. The first kappa shape index (κ1) is 15.7. The van der Waals surface area contributed by atoms with Crippen molar-refractivity contribution < 1.29 is 13.6 Å². The highest BCUT2D eigenvalue weighted by atomic mass is 19.1. The molecule has 1 fully saturated rings. The van der Waals surface area contributed by atoms with Crippen LogP contribution in [0.4, 0.5) is 8.78 Å². The summed E-state index contributed by atoms with van der Waals surface area (Å²) in [7, 11) is 0.